The van der Waals surface area contributed by atoms with Crippen LogP contribution in [0.2, 0.25) is 0 Å². The fraction of sp³-hybridized carbons (Fsp3) is 0.571. The normalized spacial score (nSPS) is 21.1. The van der Waals surface area contributed by atoms with Crippen LogP contribution in [0, 0.1) is 0 Å². The van der Waals surface area contributed by atoms with E-state index in [0.29, 0.717) is 39.4 Å². The number of morpholine rings is 2. The maximum absolute atomic E-state index is 12.3. The van der Waals surface area contributed by atoms with Crippen molar-refractivity contribution in [2.75, 3.05) is 52.6 Å². The number of rotatable bonds is 6. The summed E-state index contributed by atoms with van der Waals surface area (Å²) >= 11 is 0. The first kappa shape index (κ1) is 23.6. The highest BCUT2D eigenvalue weighted by Crippen LogP contribution is 2.08. The molecule has 0 saturated carbocycles. The molecule has 1 aromatic heterocycles. The van der Waals surface area contributed by atoms with E-state index < -0.39 is 25.2 Å². The molecule has 11 heteroatoms. The number of hydrogen-bond acceptors (Lipinski definition) is 9. The van der Waals surface area contributed by atoms with Gasteiger partial charge in [0.1, 0.15) is 11.4 Å². The molecule has 2 aliphatic rings. The molecule has 3 heterocycles. The van der Waals surface area contributed by atoms with E-state index in [1.54, 1.807) is 9.80 Å². The smallest absolute Gasteiger partial charge is 0.357 e. The number of hydrogen-bond donors (Lipinski definition) is 0. The van der Waals surface area contributed by atoms with Gasteiger partial charge in [-0.3, -0.25) is 9.59 Å². The Bertz CT molecular complexity index is 796. The molecular formula is C21H27N3O8. The van der Waals surface area contributed by atoms with Crippen LogP contribution in [0.1, 0.15) is 34.8 Å². The molecular weight excluding hydrogens is 422 g/mol. The summed E-state index contributed by atoms with van der Waals surface area (Å²) in [5.41, 5.74) is -0.285. The number of aromatic nitrogens is 1. The molecule has 0 spiro atoms. The minimum absolute atomic E-state index is 0.0775. The van der Waals surface area contributed by atoms with E-state index in [0.717, 1.165) is 0 Å². The Morgan fingerprint density at radius 2 is 1.31 bits per heavy atom. The van der Waals surface area contributed by atoms with Crippen LogP contribution in [0.15, 0.2) is 18.2 Å². The Morgan fingerprint density at radius 3 is 1.72 bits per heavy atom. The van der Waals surface area contributed by atoms with Gasteiger partial charge in [0.05, 0.1) is 25.4 Å². The second-order valence-electron chi connectivity index (χ2n) is 7.60. The van der Waals surface area contributed by atoms with Crippen LogP contribution in [0.5, 0.6) is 0 Å². The number of esters is 2. The SMILES string of the molecule is CC1CN(C(=O)COC(=O)c2cccc(C(=O)OCC(=O)N3CCOC(C)C3)n2)CCO1. The van der Waals surface area contributed by atoms with Gasteiger partial charge in [-0.2, -0.15) is 0 Å². The third kappa shape index (κ3) is 6.47. The molecule has 0 aromatic carbocycles. The number of carbonyl (C=O) groups excluding carboxylic acids is 4. The summed E-state index contributed by atoms with van der Waals surface area (Å²) in [6.07, 6.45) is -0.155. The van der Waals surface area contributed by atoms with Crippen molar-refractivity contribution in [2.24, 2.45) is 0 Å². The third-order valence-corrected chi connectivity index (χ3v) is 5.01. The van der Waals surface area contributed by atoms with Crippen LogP contribution in [0.3, 0.4) is 0 Å². The molecule has 2 amide bonds. The first-order valence-corrected chi connectivity index (χ1v) is 10.4. The van der Waals surface area contributed by atoms with Crippen LogP contribution in [0.4, 0.5) is 0 Å². The predicted octanol–water partition coefficient (Wildman–Crippen LogP) is -0.110. The van der Waals surface area contributed by atoms with Gasteiger partial charge in [-0.05, 0) is 26.0 Å². The third-order valence-electron chi connectivity index (χ3n) is 5.01. The Hall–Kier alpha value is -3.05. The minimum atomic E-state index is -0.840. The van der Waals surface area contributed by atoms with Gasteiger partial charge >= 0.3 is 11.9 Å². The molecule has 0 radical (unpaired) electrons. The summed E-state index contributed by atoms with van der Waals surface area (Å²) in [5.74, 6) is -2.35. The molecule has 0 N–H and O–H groups in total. The molecule has 0 bridgehead atoms. The van der Waals surface area contributed by atoms with Gasteiger partial charge in [-0.15, -0.1) is 0 Å². The van der Waals surface area contributed by atoms with Gasteiger partial charge in [0, 0.05) is 26.2 Å². The number of nitrogens with zero attached hydrogens (tertiary/aromatic N) is 3. The fourth-order valence-electron chi connectivity index (χ4n) is 3.34. The van der Waals surface area contributed by atoms with E-state index in [1.807, 2.05) is 13.8 Å². The predicted molar refractivity (Wildman–Crippen MR) is 109 cm³/mol. The minimum Gasteiger partial charge on any atom is -0.451 e. The maximum Gasteiger partial charge on any atom is 0.357 e. The van der Waals surface area contributed by atoms with Crippen molar-refractivity contribution in [3.05, 3.63) is 29.6 Å². The highest BCUT2D eigenvalue weighted by molar-refractivity contribution is 5.93. The number of carbonyl (C=O) groups is 4. The van der Waals surface area contributed by atoms with Crippen molar-refractivity contribution >= 4 is 23.8 Å². The van der Waals surface area contributed by atoms with Gasteiger partial charge in [-0.25, -0.2) is 14.6 Å². The van der Waals surface area contributed by atoms with Gasteiger partial charge in [-0.1, -0.05) is 6.07 Å². The molecule has 32 heavy (non-hydrogen) atoms. The van der Waals surface area contributed by atoms with E-state index in [9.17, 15) is 19.2 Å². The average molecular weight is 449 g/mol. The molecule has 0 aliphatic carbocycles. The van der Waals surface area contributed by atoms with Crippen LogP contribution in [-0.4, -0.2) is 103 Å². The zero-order chi connectivity index (χ0) is 23.1. The lowest BCUT2D eigenvalue weighted by atomic mass is 10.3. The number of amides is 2. The van der Waals surface area contributed by atoms with Crippen LogP contribution < -0.4 is 0 Å². The van der Waals surface area contributed by atoms with Gasteiger partial charge in [0.25, 0.3) is 11.8 Å². The average Bonchev–Trinajstić information content (AvgIpc) is 2.80. The van der Waals surface area contributed by atoms with Gasteiger partial charge in [0.15, 0.2) is 13.2 Å². The Kier molecular flexibility index (Phi) is 8.12. The van der Waals surface area contributed by atoms with Crippen molar-refractivity contribution in [3.63, 3.8) is 0 Å². The zero-order valence-electron chi connectivity index (χ0n) is 18.2. The summed E-state index contributed by atoms with van der Waals surface area (Å²) in [4.78, 5) is 56.0. The highest BCUT2D eigenvalue weighted by atomic mass is 16.5. The van der Waals surface area contributed by atoms with Crippen molar-refractivity contribution < 1.29 is 38.1 Å². The van der Waals surface area contributed by atoms with Crippen molar-refractivity contribution in [1.29, 1.82) is 0 Å². The Morgan fingerprint density at radius 1 is 0.875 bits per heavy atom. The Balaban J connectivity index is 1.49. The molecule has 2 saturated heterocycles. The topological polar surface area (TPSA) is 125 Å². The molecule has 2 fully saturated rings. The van der Waals surface area contributed by atoms with Gasteiger partial charge < -0.3 is 28.7 Å². The van der Waals surface area contributed by atoms with E-state index in [-0.39, 0.29) is 35.4 Å². The number of pyridine rings is 1. The van der Waals surface area contributed by atoms with Crippen molar-refractivity contribution in [1.82, 2.24) is 14.8 Å². The summed E-state index contributed by atoms with van der Waals surface area (Å²) in [6, 6.07) is 4.17. The standard InChI is InChI=1S/C21H27N3O8/c1-14-10-23(6-8-29-14)18(25)12-31-20(27)16-4-3-5-17(22-16)21(28)32-13-19(26)24-7-9-30-15(2)11-24/h3-5,14-15H,6-13H2,1-2H3. The van der Waals surface area contributed by atoms with Gasteiger partial charge in [0.2, 0.25) is 0 Å². The fourth-order valence-corrected chi connectivity index (χ4v) is 3.34. The van der Waals surface area contributed by atoms with E-state index in [4.69, 9.17) is 18.9 Å². The van der Waals surface area contributed by atoms with Crippen LogP contribution in [0.25, 0.3) is 0 Å². The summed E-state index contributed by atoms with van der Waals surface area (Å²) < 4.78 is 20.8. The molecule has 1 aromatic rings. The zero-order valence-corrected chi connectivity index (χ0v) is 18.2. The quantitative estimate of drug-likeness (QED) is 0.547. The van der Waals surface area contributed by atoms with Crippen LogP contribution >= 0.6 is 0 Å². The van der Waals surface area contributed by atoms with E-state index >= 15 is 0 Å². The Labute approximate surface area is 185 Å². The first-order valence-electron chi connectivity index (χ1n) is 10.4. The summed E-state index contributed by atoms with van der Waals surface area (Å²) in [7, 11) is 0. The lowest BCUT2D eigenvalue weighted by molar-refractivity contribution is -0.141. The lowest BCUT2D eigenvalue weighted by Gasteiger charge is -2.30. The molecule has 2 unspecified atom stereocenters. The molecule has 3 rings (SSSR count). The largest absolute Gasteiger partial charge is 0.451 e. The summed E-state index contributed by atoms with van der Waals surface area (Å²) in [6.45, 7) is 5.42. The molecule has 174 valence electrons. The summed E-state index contributed by atoms with van der Waals surface area (Å²) in [5, 5.41) is 0. The second kappa shape index (κ2) is 11.0. The number of ether oxygens (including phenoxy) is 4. The monoisotopic (exact) mass is 449 g/mol. The molecule has 2 atom stereocenters. The highest BCUT2D eigenvalue weighted by Gasteiger charge is 2.24. The maximum atomic E-state index is 12.3. The van der Waals surface area contributed by atoms with E-state index in [1.165, 1.54) is 18.2 Å². The lowest BCUT2D eigenvalue weighted by Crippen LogP contribution is -2.46. The molecule has 2 aliphatic heterocycles. The second-order valence-corrected chi connectivity index (χ2v) is 7.60. The van der Waals surface area contributed by atoms with Crippen LogP contribution in [-0.2, 0) is 28.5 Å². The van der Waals surface area contributed by atoms with Crippen molar-refractivity contribution in [2.45, 2.75) is 26.1 Å². The van der Waals surface area contributed by atoms with E-state index in [2.05, 4.69) is 4.98 Å². The van der Waals surface area contributed by atoms with Crippen molar-refractivity contribution in [3.8, 4) is 0 Å². The molecule has 11 nitrogen and oxygen atoms in total. The first-order chi connectivity index (χ1) is 15.3.